The summed E-state index contributed by atoms with van der Waals surface area (Å²) < 4.78 is 22.7. The van der Waals surface area contributed by atoms with Crippen molar-refractivity contribution in [3.8, 4) is 0 Å². The molecule has 0 fully saturated rings. The van der Waals surface area contributed by atoms with Gasteiger partial charge in [0.15, 0.2) is 9.84 Å². The van der Waals surface area contributed by atoms with E-state index in [4.69, 9.17) is 0 Å². The molecule has 2 nitrogen and oxygen atoms in total. The maximum atomic E-state index is 11.3. The van der Waals surface area contributed by atoms with Crippen LogP contribution < -0.4 is 0 Å². The van der Waals surface area contributed by atoms with Crippen molar-refractivity contribution in [2.24, 2.45) is 0 Å². The van der Waals surface area contributed by atoms with Gasteiger partial charge in [-0.1, -0.05) is 42.0 Å². The lowest BCUT2D eigenvalue weighted by Gasteiger charge is -2.04. The monoisotopic (exact) mass is 260 g/mol. The Balaban J connectivity index is 2.21. The molecular formula is C15H16O2S. The summed E-state index contributed by atoms with van der Waals surface area (Å²) >= 11 is 0. The quantitative estimate of drug-likeness (QED) is 0.850. The van der Waals surface area contributed by atoms with E-state index in [-0.39, 0.29) is 0 Å². The van der Waals surface area contributed by atoms with Gasteiger partial charge in [0.05, 0.1) is 4.90 Å². The van der Waals surface area contributed by atoms with E-state index in [1.807, 2.05) is 18.2 Å². The minimum atomic E-state index is -3.10. The zero-order chi connectivity index (χ0) is 13.2. The molecule has 2 rings (SSSR count). The second kappa shape index (κ2) is 4.94. The summed E-state index contributed by atoms with van der Waals surface area (Å²) in [5, 5.41) is 0. The Kier molecular flexibility index (Phi) is 3.53. The molecule has 0 atom stereocenters. The molecular weight excluding hydrogens is 244 g/mol. The summed E-state index contributed by atoms with van der Waals surface area (Å²) in [5.41, 5.74) is 3.59. The third-order valence-corrected chi connectivity index (χ3v) is 3.97. The lowest BCUT2D eigenvalue weighted by Crippen LogP contribution is -1.97. The number of sulfone groups is 1. The molecule has 0 aromatic heterocycles. The predicted molar refractivity (Wildman–Crippen MR) is 73.5 cm³/mol. The van der Waals surface area contributed by atoms with E-state index in [1.165, 1.54) is 17.4 Å². The highest BCUT2D eigenvalue weighted by atomic mass is 32.2. The van der Waals surface area contributed by atoms with Crippen molar-refractivity contribution in [1.29, 1.82) is 0 Å². The Morgan fingerprint density at radius 2 is 1.61 bits per heavy atom. The largest absolute Gasteiger partial charge is 0.224 e. The highest BCUT2D eigenvalue weighted by Crippen LogP contribution is 2.14. The Labute approximate surface area is 108 Å². The molecule has 2 aromatic carbocycles. The first-order chi connectivity index (χ1) is 8.45. The van der Waals surface area contributed by atoms with Crippen LogP contribution in [0.4, 0.5) is 0 Å². The van der Waals surface area contributed by atoms with E-state index in [0.29, 0.717) is 4.90 Å². The first-order valence-electron chi connectivity index (χ1n) is 5.80. The van der Waals surface area contributed by atoms with Gasteiger partial charge in [-0.15, -0.1) is 0 Å². The fourth-order valence-electron chi connectivity index (χ4n) is 1.91. The smallest absolute Gasteiger partial charge is 0.175 e. The number of hydrogen-bond acceptors (Lipinski definition) is 2. The van der Waals surface area contributed by atoms with Gasteiger partial charge in [-0.2, -0.15) is 0 Å². The van der Waals surface area contributed by atoms with Crippen molar-refractivity contribution in [3.63, 3.8) is 0 Å². The van der Waals surface area contributed by atoms with Gasteiger partial charge in [-0.05, 0) is 36.6 Å². The molecule has 0 bridgehead atoms. The van der Waals surface area contributed by atoms with Gasteiger partial charge >= 0.3 is 0 Å². The fraction of sp³-hybridized carbons (Fsp3) is 0.200. The summed E-state index contributed by atoms with van der Waals surface area (Å²) in [6.45, 7) is 2.07. The second-order valence-corrected chi connectivity index (χ2v) is 6.60. The standard InChI is InChI=1S/C15H16O2S/c1-12-4-3-5-14(10-12)11-13-6-8-15(9-7-13)18(2,16)17/h3-10H,11H2,1-2H3. The van der Waals surface area contributed by atoms with E-state index >= 15 is 0 Å². The Bertz CT molecular complexity index is 640. The molecule has 0 saturated heterocycles. The molecule has 0 N–H and O–H groups in total. The molecule has 0 saturated carbocycles. The minimum absolute atomic E-state index is 0.371. The highest BCUT2D eigenvalue weighted by Gasteiger charge is 2.06. The summed E-state index contributed by atoms with van der Waals surface area (Å²) in [4.78, 5) is 0.371. The topological polar surface area (TPSA) is 34.1 Å². The van der Waals surface area contributed by atoms with Gasteiger partial charge in [-0.3, -0.25) is 0 Å². The van der Waals surface area contributed by atoms with Crippen LogP contribution in [0.3, 0.4) is 0 Å². The summed E-state index contributed by atoms with van der Waals surface area (Å²) in [7, 11) is -3.10. The minimum Gasteiger partial charge on any atom is -0.224 e. The van der Waals surface area contributed by atoms with Crippen LogP contribution in [-0.2, 0) is 16.3 Å². The number of aryl methyl sites for hydroxylation is 1. The van der Waals surface area contributed by atoms with Crippen molar-refractivity contribution in [1.82, 2.24) is 0 Å². The molecule has 0 aliphatic heterocycles. The molecule has 0 radical (unpaired) electrons. The zero-order valence-corrected chi connectivity index (χ0v) is 11.4. The van der Waals surface area contributed by atoms with Crippen LogP contribution >= 0.6 is 0 Å². The third kappa shape index (κ3) is 3.20. The average molecular weight is 260 g/mol. The van der Waals surface area contributed by atoms with Crippen molar-refractivity contribution >= 4 is 9.84 Å². The number of rotatable bonds is 3. The van der Waals surface area contributed by atoms with E-state index in [0.717, 1.165) is 12.0 Å². The van der Waals surface area contributed by atoms with Gasteiger partial charge < -0.3 is 0 Å². The molecule has 0 aliphatic rings. The maximum absolute atomic E-state index is 11.3. The second-order valence-electron chi connectivity index (χ2n) is 4.58. The van der Waals surface area contributed by atoms with Crippen LogP contribution in [0.25, 0.3) is 0 Å². The van der Waals surface area contributed by atoms with Gasteiger partial charge in [0.1, 0.15) is 0 Å². The Morgan fingerprint density at radius 1 is 0.944 bits per heavy atom. The average Bonchev–Trinajstić information content (AvgIpc) is 2.28. The molecule has 0 amide bonds. The predicted octanol–water partition coefficient (Wildman–Crippen LogP) is 2.99. The van der Waals surface area contributed by atoms with Gasteiger partial charge in [0.25, 0.3) is 0 Å². The molecule has 2 aromatic rings. The van der Waals surface area contributed by atoms with Crippen molar-refractivity contribution in [2.45, 2.75) is 18.2 Å². The summed E-state index contributed by atoms with van der Waals surface area (Å²) in [6.07, 6.45) is 2.05. The molecule has 0 unspecified atom stereocenters. The molecule has 0 spiro atoms. The SMILES string of the molecule is Cc1cccc(Cc2ccc(S(C)(=O)=O)cc2)c1. The Hall–Kier alpha value is -1.61. The molecule has 0 heterocycles. The van der Waals surface area contributed by atoms with Crippen molar-refractivity contribution in [2.75, 3.05) is 6.26 Å². The molecule has 0 aliphatic carbocycles. The van der Waals surface area contributed by atoms with Gasteiger partial charge in [-0.25, -0.2) is 8.42 Å². The van der Waals surface area contributed by atoms with E-state index in [9.17, 15) is 8.42 Å². The van der Waals surface area contributed by atoms with Crippen molar-refractivity contribution < 1.29 is 8.42 Å². The normalized spacial score (nSPS) is 11.4. The third-order valence-electron chi connectivity index (χ3n) is 2.84. The van der Waals surface area contributed by atoms with Crippen molar-refractivity contribution in [3.05, 3.63) is 65.2 Å². The molecule has 3 heteroatoms. The van der Waals surface area contributed by atoms with Crippen LogP contribution in [0, 0.1) is 6.92 Å². The van der Waals surface area contributed by atoms with Crippen LogP contribution in [0.5, 0.6) is 0 Å². The molecule has 94 valence electrons. The lowest BCUT2D eigenvalue weighted by molar-refractivity contribution is 0.602. The Morgan fingerprint density at radius 3 is 2.17 bits per heavy atom. The van der Waals surface area contributed by atoms with Crippen LogP contribution in [0.2, 0.25) is 0 Å². The molecule has 18 heavy (non-hydrogen) atoms. The summed E-state index contributed by atoms with van der Waals surface area (Å²) in [5.74, 6) is 0. The van der Waals surface area contributed by atoms with Crippen LogP contribution in [0.1, 0.15) is 16.7 Å². The van der Waals surface area contributed by atoms with Gasteiger partial charge in [0.2, 0.25) is 0 Å². The highest BCUT2D eigenvalue weighted by molar-refractivity contribution is 7.90. The lowest BCUT2D eigenvalue weighted by atomic mass is 10.0. The number of hydrogen-bond donors (Lipinski definition) is 0. The maximum Gasteiger partial charge on any atom is 0.175 e. The summed E-state index contributed by atoms with van der Waals surface area (Å²) in [6, 6.07) is 15.4. The first-order valence-corrected chi connectivity index (χ1v) is 7.69. The van der Waals surface area contributed by atoms with Gasteiger partial charge in [0, 0.05) is 6.26 Å². The van der Waals surface area contributed by atoms with E-state index in [2.05, 4.69) is 25.1 Å². The van der Waals surface area contributed by atoms with E-state index < -0.39 is 9.84 Å². The first kappa shape index (κ1) is 12.8. The van der Waals surface area contributed by atoms with E-state index in [1.54, 1.807) is 12.1 Å². The fourth-order valence-corrected chi connectivity index (χ4v) is 2.54. The zero-order valence-electron chi connectivity index (χ0n) is 10.6. The number of benzene rings is 2. The van der Waals surface area contributed by atoms with Crippen LogP contribution in [0.15, 0.2) is 53.4 Å². The van der Waals surface area contributed by atoms with Crippen LogP contribution in [-0.4, -0.2) is 14.7 Å².